The fourth-order valence-corrected chi connectivity index (χ4v) is 3.29. The first-order valence-corrected chi connectivity index (χ1v) is 8.68. The largest absolute Gasteiger partial charge is 0.381 e. The minimum absolute atomic E-state index is 0.179. The van der Waals surface area contributed by atoms with Gasteiger partial charge in [0, 0.05) is 38.8 Å². The number of hydrogen-bond donors (Lipinski definition) is 1. The topological polar surface area (TPSA) is 67.4 Å². The molecule has 1 N–H and O–H groups in total. The number of nitrogens with zero attached hydrogens (tertiary/aromatic N) is 3. The molecule has 1 amide bonds. The molecule has 2 aliphatic rings. The second-order valence-corrected chi connectivity index (χ2v) is 6.73. The number of carbonyl (C=O) groups excluding carboxylic acids is 1. The number of carbonyl (C=O) groups is 1. The maximum Gasteiger partial charge on any atom is 0.225 e. The summed E-state index contributed by atoms with van der Waals surface area (Å²) in [4.78, 5) is 22.8. The number of amides is 1. The minimum atomic E-state index is 0.179. The van der Waals surface area contributed by atoms with Crippen molar-refractivity contribution in [2.24, 2.45) is 5.92 Å². The highest BCUT2D eigenvalue weighted by Gasteiger charge is 2.24. The van der Waals surface area contributed by atoms with Crippen molar-refractivity contribution in [3.8, 4) is 0 Å². The smallest absolute Gasteiger partial charge is 0.225 e. The fourth-order valence-electron chi connectivity index (χ4n) is 3.20. The van der Waals surface area contributed by atoms with Gasteiger partial charge in [-0.05, 0) is 31.6 Å². The van der Waals surface area contributed by atoms with E-state index in [1.165, 1.54) is 0 Å². The van der Waals surface area contributed by atoms with Gasteiger partial charge in [0.1, 0.15) is 0 Å². The lowest BCUT2D eigenvalue weighted by Crippen LogP contribution is -2.41. The zero-order chi connectivity index (χ0) is 16.1. The van der Waals surface area contributed by atoms with Crippen LogP contribution in [-0.4, -0.2) is 48.2 Å². The van der Waals surface area contributed by atoms with Crippen molar-refractivity contribution < 1.29 is 9.53 Å². The summed E-state index contributed by atoms with van der Waals surface area (Å²) >= 11 is 5.82. The highest BCUT2D eigenvalue weighted by Crippen LogP contribution is 2.23. The Kier molecular flexibility index (Phi) is 5.67. The third-order valence-electron chi connectivity index (χ3n) is 4.56. The maximum atomic E-state index is 12.2. The molecular formula is C16H23ClN4O2. The molecule has 1 aromatic rings. The van der Waals surface area contributed by atoms with Gasteiger partial charge in [-0.1, -0.05) is 11.6 Å². The quantitative estimate of drug-likeness (QED) is 0.909. The van der Waals surface area contributed by atoms with Crippen LogP contribution < -0.4 is 10.2 Å². The third-order valence-corrected chi connectivity index (χ3v) is 4.76. The van der Waals surface area contributed by atoms with E-state index in [9.17, 15) is 4.79 Å². The SMILES string of the molecule is O=C(CC1CCN(c2ncc(Cl)cn2)CC1)NC1CCOCC1. The van der Waals surface area contributed by atoms with Crippen molar-refractivity contribution >= 4 is 23.5 Å². The lowest BCUT2D eigenvalue weighted by molar-refractivity contribution is -0.123. The summed E-state index contributed by atoms with van der Waals surface area (Å²) < 4.78 is 5.32. The van der Waals surface area contributed by atoms with Crippen LogP contribution in [0.1, 0.15) is 32.1 Å². The lowest BCUT2D eigenvalue weighted by atomic mass is 9.93. The first-order chi connectivity index (χ1) is 11.2. The van der Waals surface area contributed by atoms with Gasteiger partial charge < -0.3 is 15.0 Å². The van der Waals surface area contributed by atoms with Gasteiger partial charge in [-0.25, -0.2) is 9.97 Å². The molecule has 0 spiro atoms. The Morgan fingerprint density at radius 3 is 2.52 bits per heavy atom. The van der Waals surface area contributed by atoms with E-state index in [-0.39, 0.29) is 5.91 Å². The summed E-state index contributed by atoms with van der Waals surface area (Å²) in [5.74, 6) is 1.34. The van der Waals surface area contributed by atoms with Gasteiger partial charge in [-0.3, -0.25) is 4.79 Å². The molecule has 126 valence electrons. The van der Waals surface area contributed by atoms with Crippen molar-refractivity contribution in [3.05, 3.63) is 17.4 Å². The van der Waals surface area contributed by atoms with Gasteiger partial charge in [0.15, 0.2) is 0 Å². The number of aromatic nitrogens is 2. The first kappa shape index (κ1) is 16.5. The first-order valence-electron chi connectivity index (χ1n) is 8.30. The van der Waals surface area contributed by atoms with Crippen molar-refractivity contribution in [1.29, 1.82) is 0 Å². The van der Waals surface area contributed by atoms with Crippen LogP contribution >= 0.6 is 11.6 Å². The van der Waals surface area contributed by atoms with Gasteiger partial charge in [0.05, 0.1) is 17.4 Å². The number of nitrogens with one attached hydrogen (secondary N) is 1. The van der Waals surface area contributed by atoms with E-state index in [0.29, 0.717) is 23.4 Å². The summed E-state index contributed by atoms with van der Waals surface area (Å²) in [6.45, 7) is 3.28. The van der Waals surface area contributed by atoms with Crippen LogP contribution in [0.5, 0.6) is 0 Å². The van der Waals surface area contributed by atoms with Gasteiger partial charge in [0.2, 0.25) is 11.9 Å². The van der Waals surface area contributed by atoms with Crippen molar-refractivity contribution in [3.63, 3.8) is 0 Å². The Labute approximate surface area is 141 Å². The third kappa shape index (κ3) is 4.78. The molecule has 3 heterocycles. The summed E-state index contributed by atoms with van der Waals surface area (Å²) in [7, 11) is 0. The molecule has 0 aromatic carbocycles. The molecule has 1 aromatic heterocycles. The number of ether oxygens (including phenoxy) is 1. The second-order valence-electron chi connectivity index (χ2n) is 6.29. The van der Waals surface area contributed by atoms with Crippen LogP contribution in [0.15, 0.2) is 12.4 Å². The molecule has 0 saturated carbocycles. The molecule has 0 radical (unpaired) electrons. The van der Waals surface area contributed by atoms with E-state index in [4.69, 9.17) is 16.3 Å². The molecule has 0 bridgehead atoms. The van der Waals surface area contributed by atoms with Crippen molar-refractivity contribution in [2.45, 2.75) is 38.1 Å². The summed E-state index contributed by atoms with van der Waals surface area (Å²) in [5.41, 5.74) is 0. The van der Waals surface area contributed by atoms with Gasteiger partial charge in [0.25, 0.3) is 0 Å². The molecule has 23 heavy (non-hydrogen) atoms. The van der Waals surface area contributed by atoms with Crippen molar-refractivity contribution in [1.82, 2.24) is 15.3 Å². The standard InChI is InChI=1S/C16H23ClN4O2/c17-13-10-18-16(19-11-13)21-5-1-12(2-6-21)9-15(22)20-14-3-7-23-8-4-14/h10-12,14H,1-9H2,(H,20,22). The van der Waals surface area contributed by atoms with E-state index < -0.39 is 0 Å². The molecule has 6 nitrogen and oxygen atoms in total. The fraction of sp³-hybridized carbons (Fsp3) is 0.688. The van der Waals surface area contributed by atoms with Crippen LogP contribution in [0, 0.1) is 5.92 Å². The molecule has 3 rings (SSSR count). The van der Waals surface area contributed by atoms with Crippen LogP contribution in [0.3, 0.4) is 0 Å². The van der Waals surface area contributed by atoms with Crippen LogP contribution in [-0.2, 0) is 9.53 Å². The van der Waals surface area contributed by atoms with E-state index in [1.54, 1.807) is 12.4 Å². The minimum Gasteiger partial charge on any atom is -0.381 e. The van der Waals surface area contributed by atoms with Gasteiger partial charge in [-0.15, -0.1) is 0 Å². The molecule has 2 fully saturated rings. The monoisotopic (exact) mass is 338 g/mol. The van der Waals surface area contributed by atoms with Gasteiger partial charge in [-0.2, -0.15) is 0 Å². The Morgan fingerprint density at radius 2 is 1.87 bits per heavy atom. The van der Waals surface area contributed by atoms with Crippen LogP contribution in [0.25, 0.3) is 0 Å². The molecule has 0 atom stereocenters. The average molecular weight is 339 g/mol. The maximum absolute atomic E-state index is 12.2. The molecule has 7 heteroatoms. The average Bonchev–Trinajstić information content (AvgIpc) is 2.57. The van der Waals surface area contributed by atoms with Crippen LogP contribution in [0.2, 0.25) is 5.02 Å². The predicted octanol–water partition coefficient (Wildman–Crippen LogP) is 2.03. The summed E-state index contributed by atoms with van der Waals surface area (Å²) in [6, 6.07) is 0.291. The van der Waals surface area contributed by atoms with Crippen molar-refractivity contribution in [2.75, 3.05) is 31.2 Å². The number of halogens is 1. The van der Waals surface area contributed by atoms with Crippen LogP contribution in [0.4, 0.5) is 5.95 Å². The predicted molar refractivity (Wildman–Crippen MR) is 88.6 cm³/mol. The van der Waals surface area contributed by atoms with E-state index in [1.807, 2.05) is 0 Å². The van der Waals surface area contributed by atoms with E-state index in [0.717, 1.165) is 57.9 Å². The normalized spacial score (nSPS) is 20.5. The lowest BCUT2D eigenvalue weighted by Gasteiger charge is -2.32. The Hall–Kier alpha value is -1.40. The van der Waals surface area contributed by atoms with E-state index in [2.05, 4.69) is 20.2 Å². The Bertz CT molecular complexity index is 511. The molecule has 2 aliphatic heterocycles. The highest BCUT2D eigenvalue weighted by molar-refractivity contribution is 6.30. The molecule has 0 aliphatic carbocycles. The zero-order valence-electron chi connectivity index (χ0n) is 13.2. The molecular weight excluding hydrogens is 316 g/mol. The number of rotatable bonds is 4. The zero-order valence-corrected chi connectivity index (χ0v) is 14.0. The summed E-state index contributed by atoms with van der Waals surface area (Å²) in [5, 5.41) is 3.69. The van der Waals surface area contributed by atoms with E-state index >= 15 is 0 Å². The molecule has 2 saturated heterocycles. The van der Waals surface area contributed by atoms with Gasteiger partial charge >= 0.3 is 0 Å². The molecule has 0 unspecified atom stereocenters. The number of hydrogen-bond acceptors (Lipinski definition) is 5. The Balaban J connectivity index is 1.41. The number of anilines is 1. The Morgan fingerprint density at radius 1 is 1.22 bits per heavy atom. The number of piperidine rings is 1. The second kappa shape index (κ2) is 7.93. The summed E-state index contributed by atoms with van der Waals surface area (Å²) in [6.07, 6.45) is 7.71. The highest BCUT2D eigenvalue weighted by atomic mass is 35.5.